The molecule has 2 aliphatic heterocycles. The highest BCUT2D eigenvalue weighted by atomic mass is 16.7. The summed E-state index contributed by atoms with van der Waals surface area (Å²) in [4.78, 5) is 0. The summed E-state index contributed by atoms with van der Waals surface area (Å²) >= 11 is 0. The summed E-state index contributed by atoms with van der Waals surface area (Å²) in [6.07, 6.45) is -3.37. The summed E-state index contributed by atoms with van der Waals surface area (Å²) in [5.41, 5.74) is 6.23. The second-order valence-electron chi connectivity index (χ2n) is 6.99. The van der Waals surface area contributed by atoms with Gasteiger partial charge in [0.1, 0.15) is 18.0 Å². The highest BCUT2D eigenvalue weighted by Crippen LogP contribution is 2.23. The molecule has 1 aromatic rings. The summed E-state index contributed by atoms with van der Waals surface area (Å²) in [5, 5.41) is 52.9. The molecule has 11 heteroatoms. The van der Waals surface area contributed by atoms with E-state index < -0.39 is 37.0 Å². The van der Waals surface area contributed by atoms with Crippen molar-refractivity contribution >= 4 is 5.69 Å². The van der Waals surface area contributed by atoms with Gasteiger partial charge in [0.15, 0.2) is 6.29 Å². The van der Waals surface area contributed by atoms with Crippen LogP contribution in [-0.4, -0.2) is 101 Å². The lowest BCUT2D eigenvalue weighted by atomic mass is 10.0. The van der Waals surface area contributed by atoms with Gasteiger partial charge >= 0.3 is 0 Å². The molecule has 0 radical (unpaired) electrons. The second kappa shape index (κ2) is 14.5. The van der Waals surface area contributed by atoms with E-state index in [1.807, 2.05) is 0 Å². The first-order valence-electron chi connectivity index (χ1n) is 9.92. The van der Waals surface area contributed by atoms with E-state index in [1.54, 1.807) is 24.3 Å². The van der Waals surface area contributed by atoms with Gasteiger partial charge < -0.3 is 55.3 Å². The van der Waals surface area contributed by atoms with E-state index in [-0.39, 0.29) is 25.7 Å². The number of aliphatic hydroxyl groups excluding tert-OH is 6. The van der Waals surface area contributed by atoms with Gasteiger partial charge in [0, 0.05) is 39.2 Å². The van der Waals surface area contributed by atoms with Crippen LogP contribution in [0.25, 0.3) is 0 Å². The molecular formula is C20H35NO10. The first kappa shape index (κ1) is 27.5. The Morgan fingerprint density at radius 3 is 2.16 bits per heavy atom. The minimum absolute atomic E-state index is 0.112. The number of ether oxygens (including phenoxy) is 4. The van der Waals surface area contributed by atoms with E-state index in [2.05, 4.69) is 0 Å². The van der Waals surface area contributed by atoms with Crippen molar-refractivity contribution in [2.45, 2.75) is 62.4 Å². The topological polar surface area (TPSA) is 184 Å². The zero-order valence-corrected chi connectivity index (χ0v) is 17.8. The largest absolute Gasteiger partial charge is 0.465 e. The quantitative estimate of drug-likeness (QED) is 0.262. The van der Waals surface area contributed by atoms with Crippen LogP contribution in [0.1, 0.15) is 19.3 Å². The molecule has 180 valence electrons. The van der Waals surface area contributed by atoms with E-state index >= 15 is 0 Å². The lowest BCUT2D eigenvalue weighted by Gasteiger charge is -2.35. The molecule has 0 bridgehead atoms. The third-order valence-corrected chi connectivity index (χ3v) is 4.71. The first-order valence-corrected chi connectivity index (χ1v) is 9.92. The molecule has 0 aromatic heterocycles. The Hall–Kier alpha value is -1.54. The molecule has 0 spiro atoms. The van der Waals surface area contributed by atoms with Crippen LogP contribution in [-0.2, 0) is 14.2 Å². The number of rotatable bonds is 5. The molecule has 2 aliphatic rings. The summed E-state index contributed by atoms with van der Waals surface area (Å²) in [6, 6.07) is 6.96. The molecule has 1 aromatic carbocycles. The van der Waals surface area contributed by atoms with Crippen LogP contribution in [0.3, 0.4) is 0 Å². The maximum absolute atomic E-state index is 9.61. The highest BCUT2D eigenvalue weighted by Gasteiger charge is 2.36. The van der Waals surface area contributed by atoms with Crippen LogP contribution in [0.2, 0.25) is 0 Å². The molecule has 3 unspecified atom stereocenters. The fourth-order valence-corrected chi connectivity index (χ4v) is 3.14. The maximum Gasteiger partial charge on any atom is 0.202 e. The molecule has 3 rings (SSSR count). The molecule has 11 nitrogen and oxygen atoms in total. The summed E-state index contributed by atoms with van der Waals surface area (Å²) in [6.45, 7) is -0.434. The Morgan fingerprint density at radius 2 is 1.61 bits per heavy atom. The van der Waals surface area contributed by atoms with Crippen LogP contribution >= 0.6 is 0 Å². The van der Waals surface area contributed by atoms with Gasteiger partial charge in [-0.15, -0.1) is 0 Å². The van der Waals surface area contributed by atoms with Gasteiger partial charge in [0.25, 0.3) is 0 Å². The standard InChI is InChI=1S/C12H17NO4.C7H14O5.CH4O/c13-8-1-3-10(4-2-8)16-12-6-9(15)5-11(7-14)17-12;1-11-4-2-6(9)12-5(3-8)7(4)10;1-2/h1-4,9,11-12,14-15H,5-7,13H2;4-10H,2-3H2,1H3;2H,1H3/t9?,11-,12+;4?,5-,6-,7?;/m01./s1. The van der Waals surface area contributed by atoms with Crippen molar-refractivity contribution in [3.05, 3.63) is 24.3 Å². The molecular weight excluding hydrogens is 414 g/mol. The Balaban J connectivity index is 0.000000303. The normalized spacial score (nSPS) is 32.7. The van der Waals surface area contributed by atoms with Crippen molar-refractivity contribution in [1.29, 1.82) is 0 Å². The molecule has 7 atom stereocenters. The first-order chi connectivity index (χ1) is 14.9. The Kier molecular flexibility index (Phi) is 12.9. The molecule has 31 heavy (non-hydrogen) atoms. The van der Waals surface area contributed by atoms with Crippen molar-refractivity contribution in [3.8, 4) is 5.75 Å². The van der Waals surface area contributed by atoms with Gasteiger partial charge in [-0.25, -0.2) is 0 Å². The van der Waals surface area contributed by atoms with Crippen molar-refractivity contribution in [1.82, 2.24) is 0 Å². The molecule has 0 aliphatic carbocycles. The van der Waals surface area contributed by atoms with Crippen LogP contribution < -0.4 is 10.5 Å². The van der Waals surface area contributed by atoms with Crippen molar-refractivity contribution in [2.24, 2.45) is 0 Å². The Labute approximate surface area is 181 Å². The minimum atomic E-state index is -0.963. The number of aliphatic hydroxyl groups is 6. The third kappa shape index (κ3) is 9.23. The monoisotopic (exact) mass is 449 g/mol. The molecule has 2 heterocycles. The highest BCUT2D eigenvalue weighted by molar-refractivity contribution is 5.41. The summed E-state index contributed by atoms with van der Waals surface area (Å²) in [5.74, 6) is 0.634. The van der Waals surface area contributed by atoms with E-state index in [0.717, 1.165) is 7.11 Å². The summed E-state index contributed by atoms with van der Waals surface area (Å²) in [7, 11) is 2.44. The van der Waals surface area contributed by atoms with E-state index in [1.165, 1.54) is 7.11 Å². The average molecular weight is 449 g/mol. The third-order valence-electron chi connectivity index (χ3n) is 4.71. The van der Waals surface area contributed by atoms with Crippen LogP contribution in [0, 0.1) is 0 Å². The molecule has 0 amide bonds. The van der Waals surface area contributed by atoms with Gasteiger partial charge in [-0.1, -0.05) is 0 Å². The van der Waals surface area contributed by atoms with Gasteiger partial charge in [-0.3, -0.25) is 0 Å². The second-order valence-corrected chi connectivity index (χ2v) is 6.99. The number of hydrogen-bond acceptors (Lipinski definition) is 11. The van der Waals surface area contributed by atoms with E-state index in [9.17, 15) is 10.2 Å². The average Bonchev–Trinajstić information content (AvgIpc) is 2.78. The van der Waals surface area contributed by atoms with Crippen molar-refractivity contribution in [2.75, 3.05) is 33.2 Å². The molecule has 2 fully saturated rings. The van der Waals surface area contributed by atoms with Gasteiger partial charge in [-0.05, 0) is 24.3 Å². The van der Waals surface area contributed by atoms with E-state index in [0.29, 0.717) is 24.3 Å². The predicted molar refractivity (Wildman–Crippen MR) is 110 cm³/mol. The smallest absolute Gasteiger partial charge is 0.202 e. The SMILES string of the molecule is CO.COC1C[C@H](O)O[C@H](CO)C1O.Nc1ccc(O[C@H]2CC(O)C[C@@H](CO)O2)cc1. The zero-order chi connectivity index (χ0) is 23.4. The summed E-state index contributed by atoms with van der Waals surface area (Å²) < 4.78 is 20.8. The number of methoxy groups -OCH3 is 1. The van der Waals surface area contributed by atoms with E-state index in [4.69, 9.17) is 45.1 Å². The lowest BCUT2D eigenvalue weighted by molar-refractivity contribution is -0.243. The van der Waals surface area contributed by atoms with Gasteiger partial charge in [0.05, 0.1) is 31.5 Å². The maximum atomic E-state index is 9.61. The molecule has 2 saturated heterocycles. The number of hydrogen-bond donors (Lipinski definition) is 7. The number of nitrogen functional groups attached to an aromatic ring is 1. The van der Waals surface area contributed by atoms with Gasteiger partial charge in [0.2, 0.25) is 6.29 Å². The van der Waals surface area contributed by atoms with Crippen molar-refractivity contribution in [3.63, 3.8) is 0 Å². The molecule has 8 N–H and O–H groups in total. The predicted octanol–water partition coefficient (Wildman–Crippen LogP) is -1.42. The Morgan fingerprint density at radius 1 is 0.968 bits per heavy atom. The van der Waals surface area contributed by atoms with Crippen molar-refractivity contribution < 1.29 is 49.6 Å². The fourth-order valence-electron chi connectivity index (χ4n) is 3.14. The molecule has 0 saturated carbocycles. The number of benzene rings is 1. The number of nitrogens with two attached hydrogens (primary N) is 1. The van der Waals surface area contributed by atoms with Crippen LogP contribution in [0.15, 0.2) is 24.3 Å². The van der Waals surface area contributed by atoms with Crippen LogP contribution in [0.4, 0.5) is 5.69 Å². The zero-order valence-electron chi connectivity index (χ0n) is 17.8. The van der Waals surface area contributed by atoms with Gasteiger partial charge in [-0.2, -0.15) is 0 Å². The van der Waals surface area contributed by atoms with Crippen LogP contribution in [0.5, 0.6) is 5.75 Å². The number of anilines is 1. The minimum Gasteiger partial charge on any atom is -0.465 e. The Bertz CT molecular complexity index is 576. The lowest BCUT2D eigenvalue weighted by Crippen LogP contribution is -2.50. The fraction of sp³-hybridized carbons (Fsp3) is 0.700.